The van der Waals surface area contributed by atoms with Crippen LogP contribution in [0.3, 0.4) is 0 Å². The average Bonchev–Trinajstić information content (AvgIpc) is 3.66. The van der Waals surface area contributed by atoms with Gasteiger partial charge in [-0.25, -0.2) is 19.7 Å². The molecule has 1 aliphatic rings. The maximum absolute atomic E-state index is 12.9. The first-order valence-electron chi connectivity index (χ1n) is 17.4. The van der Waals surface area contributed by atoms with Crippen LogP contribution in [-0.2, 0) is 16.1 Å². The zero-order valence-corrected chi connectivity index (χ0v) is 31.4. The fourth-order valence-corrected chi connectivity index (χ4v) is 6.63. The van der Waals surface area contributed by atoms with Crippen molar-refractivity contribution in [2.75, 3.05) is 31.5 Å². The number of hydrogen-bond donors (Lipinski definition) is 6. The van der Waals surface area contributed by atoms with E-state index >= 15 is 0 Å². The van der Waals surface area contributed by atoms with Crippen LogP contribution in [0.2, 0.25) is 10.0 Å². The van der Waals surface area contributed by atoms with Crippen molar-refractivity contribution >= 4 is 52.1 Å². The predicted octanol–water partition coefficient (Wildman–Crippen LogP) is 4.05. The smallest absolute Gasteiger partial charge is 0.315 e. The number of aliphatic hydroxyl groups excluding tert-OH is 2. The summed E-state index contributed by atoms with van der Waals surface area (Å²) in [4.78, 5) is 41.7. The number of benzene rings is 2. The van der Waals surface area contributed by atoms with Crippen LogP contribution in [0.4, 0.5) is 10.6 Å². The second kappa shape index (κ2) is 17.6. The number of nitrogens with zero attached hydrogens (tertiary/aromatic N) is 5. The van der Waals surface area contributed by atoms with Gasteiger partial charge >= 0.3 is 6.03 Å². The third-order valence-corrected chi connectivity index (χ3v) is 9.50. The monoisotopic (exact) mass is 755 g/mol. The molecule has 14 nitrogen and oxygen atoms in total. The zero-order chi connectivity index (χ0) is 37.5. The molecule has 0 saturated carbocycles. The van der Waals surface area contributed by atoms with E-state index in [1.165, 1.54) is 10.9 Å². The Bertz CT molecular complexity index is 1750. The van der Waals surface area contributed by atoms with Gasteiger partial charge in [0.25, 0.3) is 5.91 Å². The number of urea groups is 1. The van der Waals surface area contributed by atoms with E-state index in [2.05, 4.69) is 58.8 Å². The molecule has 1 saturated heterocycles. The first-order chi connectivity index (χ1) is 24.9. The van der Waals surface area contributed by atoms with Gasteiger partial charge in [-0.2, -0.15) is 0 Å². The molecule has 4 unspecified atom stereocenters. The lowest BCUT2D eigenvalue weighted by atomic mass is 9.91. The number of aliphatic hydroxyl groups is 2. The summed E-state index contributed by atoms with van der Waals surface area (Å²) in [7, 11) is 0. The summed E-state index contributed by atoms with van der Waals surface area (Å²) >= 11 is 12.4. The van der Waals surface area contributed by atoms with E-state index in [9.17, 15) is 19.8 Å². The van der Waals surface area contributed by atoms with Crippen LogP contribution in [0.25, 0.3) is 11.2 Å². The molecular formula is C36H47Cl2N9O5. The standard InChI is InChI=1S/C36H47Cl2N9O5/c1-6-39-34(50)31-29(48)30(49)35(52-31)47-19-43-28-32(41-17-26(22-7-11-24(37)12-8-22)23-9-13-25(38)14-10-23)44-27(45-33(28)47)18-42-36(51)40-15-16-46(20(2)3)21(4)5/h7-14,19-21,26,29-31,35,48-49H,6,15-18H2,1-5H3,(H,39,50)(H2,40,42,51)(H,41,44,45). The van der Waals surface area contributed by atoms with Gasteiger partial charge in [0.2, 0.25) is 0 Å². The Hall–Kier alpha value is -4.05. The highest BCUT2D eigenvalue weighted by molar-refractivity contribution is 6.30. The molecule has 0 radical (unpaired) electrons. The van der Waals surface area contributed by atoms with Gasteiger partial charge in [-0.05, 0) is 70.0 Å². The van der Waals surface area contributed by atoms with Crippen LogP contribution < -0.4 is 21.3 Å². The number of nitrogens with one attached hydrogen (secondary N) is 4. The largest absolute Gasteiger partial charge is 0.387 e. The van der Waals surface area contributed by atoms with E-state index in [0.717, 1.165) is 11.1 Å². The lowest BCUT2D eigenvalue weighted by Gasteiger charge is -2.30. The summed E-state index contributed by atoms with van der Waals surface area (Å²) < 4.78 is 7.35. The number of ether oxygens (including phenoxy) is 1. The van der Waals surface area contributed by atoms with Gasteiger partial charge < -0.3 is 36.2 Å². The molecule has 5 rings (SSSR count). The average molecular weight is 757 g/mol. The molecule has 6 N–H and O–H groups in total. The maximum atomic E-state index is 12.9. The molecule has 4 atom stereocenters. The Kier molecular flexibility index (Phi) is 13.3. The Morgan fingerprint density at radius 1 is 0.904 bits per heavy atom. The highest BCUT2D eigenvalue weighted by Gasteiger charge is 2.47. The normalized spacial score (nSPS) is 18.9. The summed E-state index contributed by atoms with van der Waals surface area (Å²) in [5.41, 5.74) is 2.61. The SMILES string of the molecule is CCNC(=O)C1OC(n2cnc3c(NCC(c4ccc(Cl)cc4)c4ccc(Cl)cc4)nc(CNC(=O)NCCN(C(C)C)C(C)C)nc32)C(O)C1O. The van der Waals surface area contributed by atoms with Gasteiger partial charge in [0, 0.05) is 54.2 Å². The van der Waals surface area contributed by atoms with Crippen LogP contribution in [0.5, 0.6) is 0 Å². The van der Waals surface area contributed by atoms with Crippen LogP contribution in [0.1, 0.15) is 63.7 Å². The molecule has 1 fully saturated rings. The number of fused-ring (bicyclic) bond motifs is 1. The van der Waals surface area contributed by atoms with Crippen molar-refractivity contribution in [2.45, 2.75) is 83.7 Å². The minimum atomic E-state index is -1.49. The lowest BCUT2D eigenvalue weighted by molar-refractivity contribution is -0.137. The zero-order valence-electron chi connectivity index (χ0n) is 29.9. The van der Waals surface area contributed by atoms with Crippen LogP contribution in [-0.4, -0.2) is 103 Å². The number of imidazole rings is 1. The van der Waals surface area contributed by atoms with Crippen molar-refractivity contribution in [1.29, 1.82) is 0 Å². The number of aromatic nitrogens is 4. The summed E-state index contributed by atoms with van der Waals surface area (Å²) in [5, 5.41) is 34.7. The topological polar surface area (TPSA) is 179 Å². The lowest BCUT2D eigenvalue weighted by Crippen LogP contribution is -2.44. The van der Waals surface area contributed by atoms with Gasteiger partial charge in [-0.15, -0.1) is 0 Å². The second-order valence-corrected chi connectivity index (χ2v) is 14.1. The van der Waals surface area contributed by atoms with E-state index < -0.39 is 30.4 Å². The summed E-state index contributed by atoms with van der Waals surface area (Å²) in [6.45, 7) is 12.0. The molecule has 4 aromatic rings. The van der Waals surface area contributed by atoms with Gasteiger partial charge in [-0.1, -0.05) is 47.5 Å². The van der Waals surface area contributed by atoms with E-state index in [0.29, 0.717) is 59.6 Å². The molecule has 280 valence electrons. The molecule has 3 amide bonds. The summed E-state index contributed by atoms with van der Waals surface area (Å²) in [6, 6.07) is 15.4. The molecule has 3 heterocycles. The first kappa shape index (κ1) is 39.2. The molecule has 52 heavy (non-hydrogen) atoms. The van der Waals surface area contributed by atoms with Crippen molar-refractivity contribution in [3.63, 3.8) is 0 Å². The molecule has 0 bridgehead atoms. The third kappa shape index (κ3) is 9.29. The molecule has 0 spiro atoms. The van der Waals surface area contributed by atoms with Crippen molar-refractivity contribution in [1.82, 2.24) is 40.4 Å². The van der Waals surface area contributed by atoms with Crippen molar-refractivity contribution in [3.8, 4) is 0 Å². The fourth-order valence-electron chi connectivity index (χ4n) is 6.38. The second-order valence-electron chi connectivity index (χ2n) is 13.2. The molecular weight excluding hydrogens is 709 g/mol. The van der Waals surface area contributed by atoms with Crippen molar-refractivity contribution in [2.24, 2.45) is 0 Å². The minimum absolute atomic E-state index is 0.0320. The van der Waals surface area contributed by atoms with Crippen LogP contribution in [0, 0.1) is 0 Å². The highest BCUT2D eigenvalue weighted by Crippen LogP contribution is 2.34. The van der Waals surface area contributed by atoms with Gasteiger partial charge in [-0.3, -0.25) is 14.3 Å². The van der Waals surface area contributed by atoms with E-state index in [1.807, 2.05) is 48.5 Å². The third-order valence-electron chi connectivity index (χ3n) is 9.00. The Labute approximate surface area is 313 Å². The summed E-state index contributed by atoms with van der Waals surface area (Å²) in [6.07, 6.45) is -4.01. The molecule has 16 heteroatoms. The van der Waals surface area contributed by atoms with Gasteiger partial charge in [0.05, 0.1) is 12.9 Å². The van der Waals surface area contributed by atoms with E-state index in [1.54, 1.807) is 6.92 Å². The number of anilines is 1. The first-order valence-corrected chi connectivity index (χ1v) is 18.2. The number of carbonyl (C=O) groups excluding carboxylic acids is 2. The molecule has 1 aliphatic heterocycles. The minimum Gasteiger partial charge on any atom is -0.387 e. The molecule has 2 aromatic carbocycles. The molecule has 2 aromatic heterocycles. The highest BCUT2D eigenvalue weighted by atomic mass is 35.5. The van der Waals surface area contributed by atoms with Crippen LogP contribution in [0.15, 0.2) is 54.9 Å². The molecule has 0 aliphatic carbocycles. The number of likely N-dealkylation sites (N-methyl/N-ethyl adjacent to an activating group) is 1. The number of carbonyl (C=O) groups is 2. The van der Waals surface area contributed by atoms with E-state index in [4.69, 9.17) is 37.9 Å². The number of amides is 3. The van der Waals surface area contributed by atoms with Gasteiger partial charge in [0.15, 0.2) is 35.1 Å². The van der Waals surface area contributed by atoms with E-state index in [-0.39, 0.29) is 30.0 Å². The Morgan fingerprint density at radius 2 is 1.52 bits per heavy atom. The van der Waals surface area contributed by atoms with Crippen molar-refractivity contribution in [3.05, 3.63) is 81.9 Å². The van der Waals surface area contributed by atoms with Crippen molar-refractivity contribution < 1.29 is 24.5 Å². The quantitative estimate of drug-likeness (QED) is 0.104. The fraction of sp³-hybridized carbons (Fsp3) is 0.472. The maximum Gasteiger partial charge on any atom is 0.315 e. The number of halogens is 2. The number of rotatable bonds is 15. The Morgan fingerprint density at radius 3 is 2.10 bits per heavy atom. The summed E-state index contributed by atoms with van der Waals surface area (Å²) in [5.74, 6) is -0.0835. The number of hydrogen-bond acceptors (Lipinski definition) is 10. The Balaban J connectivity index is 1.43. The predicted molar refractivity (Wildman–Crippen MR) is 200 cm³/mol. The van der Waals surface area contributed by atoms with Crippen LogP contribution >= 0.6 is 23.2 Å². The van der Waals surface area contributed by atoms with Gasteiger partial charge in [0.1, 0.15) is 12.2 Å².